The second kappa shape index (κ2) is 12.4. The van der Waals surface area contributed by atoms with Gasteiger partial charge in [0.05, 0.1) is 5.92 Å². The Balaban J connectivity index is 1.97. The number of carboxylic acids is 1. The van der Waals surface area contributed by atoms with Crippen LogP contribution in [0.15, 0.2) is 12.7 Å². The van der Waals surface area contributed by atoms with Gasteiger partial charge in [-0.1, -0.05) is 12.7 Å². The summed E-state index contributed by atoms with van der Waals surface area (Å²) in [5.41, 5.74) is 2.40. The smallest absolute Gasteiger partial charge is 0.431 e. The molecular formula is C21H34N4O6. The van der Waals surface area contributed by atoms with Crippen molar-refractivity contribution in [3.63, 3.8) is 0 Å². The molecule has 3 amide bonds. The van der Waals surface area contributed by atoms with Gasteiger partial charge in [0.25, 0.3) is 5.91 Å². The van der Waals surface area contributed by atoms with Crippen LogP contribution in [0.5, 0.6) is 0 Å². The largest absolute Gasteiger partial charge is 0.480 e. The molecule has 31 heavy (non-hydrogen) atoms. The SMILES string of the molecule is C=CCOC(=O)N(N[C@H](C)C(=O)O)C(=O)[C@@H]1CCCN(C(=O)CCC2CCNCC2)C1. The van der Waals surface area contributed by atoms with Gasteiger partial charge in [0.1, 0.15) is 12.6 Å². The average molecular weight is 439 g/mol. The van der Waals surface area contributed by atoms with Gasteiger partial charge in [0, 0.05) is 19.5 Å². The minimum Gasteiger partial charge on any atom is -0.480 e. The van der Waals surface area contributed by atoms with Gasteiger partial charge in [-0.3, -0.25) is 14.4 Å². The van der Waals surface area contributed by atoms with Crippen LogP contribution >= 0.6 is 0 Å². The van der Waals surface area contributed by atoms with Crippen LogP contribution < -0.4 is 10.7 Å². The molecule has 0 aromatic carbocycles. The Kier molecular flexibility index (Phi) is 9.93. The van der Waals surface area contributed by atoms with Crippen molar-refractivity contribution in [1.29, 1.82) is 0 Å². The first-order valence-corrected chi connectivity index (χ1v) is 10.9. The Bertz CT molecular complexity index is 664. The van der Waals surface area contributed by atoms with Crippen LogP contribution in [0.1, 0.15) is 45.4 Å². The summed E-state index contributed by atoms with van der Waals surface area (Å²) >= 11 is 0. The number of amides is 3. The third-order valence-corrected chi connectivity index (χ3v) is 5.77. The summed E-state index contributed by atoms with van der Waals surface area (Å²) in [4.78, 5) is 50.9. The number of piperidine rings is 2. The number of imide groups is 1. The van der Waals surface area contributed by atoms with Crippen molar-refractivity contribution in [1.82, 2.24) is 20.7 Å². The second-order valence-corrected chi connectivity index (χ2v) is 8.14. The van der Waals surface area contributed by atoms with Gasteiger partial charge in [-0.05, 0) is 58.0 Å². The molecule has 2 rings (SSSR count). The van der Waals surface area contributed by atoms with E-state index in [1.165, 1.54) is 13.0 Å². The van der Waals surface area contributed by atoms with Crippen LogP contribution in [-0.2, 0) is 19.1 Å². The van der Waals surface area contributed by atoms with E-state index in [2.05, 4.69) is 17.3 Å². The predicted molar refractivity (Wildman–Crippen MR) is 113 cm³/mol. The normalized spacial score (nSPS) is 20.5. The van der Waals surface area contributed by atoms with Gasteiger partial charge in [0.15, 0.2) is 0 Å². The molecule has 2 aliphatic heterocycles. The zero-order valence-corrected chi connectivity index (χ0v) is 18.2. The molecule has 10 nitrogen and oxygen atoms in total. The number of hydrogen-bond donors (Lipinski definition) is 3. The Morgan fingerprint density at radius 2 is 2.00 bits per heavy atom. The quantitative estimate of drug-likeness (QED) is 0.361. The molecule has 0 radical (unpaired) electrons. The number of hydrogen-bond acceptors (Lipinski definition) is 7. The van der Waals surface area contributed by atoms with Crippen molar-refractivity contribution in [2.75, 3.05) is 32.8 Å². The minimum absolute atomic E-state index is 0.0173. The lowest BCUT2D eigenvalue weighted by Gasteiger charge is -2.35. The van der Waals surface area contributed by atoms with E-state index in [1.807, 2.05) is 0 Å². The Morgan fingerprint density at radius 3 is 2.65 bits per heavy atom. The first-order chi connectivity index (χ1) is 14.8. The molecule has 10 heteroatoms. The molecular weight excluding hydrogens is 404 g/mol. The summed E-state index contributed by atoms with van der Waals surface area (Å²) in [6.45, 7) is 7.41. The molecule has 2 aliphatic rings. The van der Waals surface area contributed by atoms with Crippen molar-refractivity contribution < 1.29 is 29.0 Å². The molecule has 2 saturated heterocycles. The van der Waals surface area contributed by atoms with E-state index >= 15 is 0 Å². The van der Waals surface area contributed by atoms with E-state index < -0.39 is 29.9 Å². The summed E-state index contributed by atoms with van der Waals surface area (Å²) in [5, 5.41) is 13.1. The van der Waals surface area contributed by atoms with Crippen molar-refractivity contribution >= 4 is 23.9 Å². The summed E-state index contributed by atoms with van der Waals surface area (Å²) in [6.07, 6.45) is 4.94. The highest BCUT2D eigenvalue weighted by Crippen LogP contribution is 2.22. The molecule has 2 fully saturated rings. The van der Waals surface area contributed by atoms with Crippen molar-refractivity contribution in [2.24, 2.45) is 11.8 Å². The average Bonchev–Trinajstić information content (AvgIpc) is 2.79. The predicted octanol–water partition coefficient (Wildman–Crippen LogP) is 1.13. The van der Waals surface area contributed by atoms with Crippen LogP contribution in [0.2, 0.25) is 0 Å². The maximum atomic E-state index is 13.0. The lowest BCUT2D eigenvalue weighted by Crippen LogP contribution is -2.57. The summed E-state index contributed by atoms with van der Waals surface area (Å²) in [6, 6.07) is -1.17. The molecule has 0 bridgehead atoms. The molecule has 0 aromatic heterocycles. The van der Waals surface area contributed by atoms with Gasteiger partial charge in [-0.15, -0.1) is 0 Å². The van der Waals surface area contributed by atoms with Crippen molar-refractivity contribution in [2.45, 2.75) is 51.5 Å². The zero-order chi connectivity index (χ0) is 22.8. The molecule has 174 valence electrons. The lowest BCUT2D eigenvalue weighted by molar-refractivity contribution is -0.145. The monoisotopic (exact) mass is 438 g/mol. The van der Waals surface area contributed by atoms with Crippen molar-refractivity contribution in [3.8, 4) is 0 Å². The van der Waals surface area contributed by atoms with Gasteiger partial charge >= 0.3 is 12.1 Å². The van der Waals surface area contributed by atoms with Crippen LogP contribution in [0.3, 0.4) is 0 Å². The van der Waals surface area contributed by atoms with E-state index in [0.29, 0.717) is 36.7 Å². The molecule has 0 unspecified atom stereocenters. The highest BCUT2D eigenvalue weighted by atomic mass is 16.6. The third kappa shape index (κ3) is 7.62. The van der Waals surface area contributed by atoms with Gasteiger partial charge in [-0.2, -0.15) is 5.01 Å². The maximum Gasteiger partial charge on any atom is 0.431 e. The summed E-state index contributed by atoms with van der Waals surface area (Å²) in [7, 11) is 0. The number of aliphatic carboxylic acids is 1. The zero-order valence-electron chi connectivity index (χ0n) is 18.2. The first kappa shape index (κ1) is 24.8. The first-order valence-electron chi connectivity index (χ1n) is 10.9. The van der Waals surface area contributed by atoms with E-state index in [1.54, 1.807) is 4.90 Å². The van der Waals surface area contributed by atoms with E-state index in [9.17, 15) is 19.2 Å². The summed E-state index contributed by atoms with van der Waals surface area (Å²) in [5.74, 6) is -1.86. The molecule has 0 aliphatic carbocycles. The third-order valence-electron chi connectivity index (χ3n) is 5.77. The number of nitrogens with one attached hydrogen (secondary N) is 2. The van der Waals surface area contributed by atoms with Crippen LogP contribution in [0, 0.1) is 11.8 Å². The maximum absolute atomic E-state index is 13.0. The van der Waals surface area contributed by atoms with Gasteiger partial charge in [-0.25, -0.2) is 10.2 Å². The van der Waals surface area contributed by atoms with E-state index in [0.717, 1.165) is 32.4 Å². The molecule has 2 heterocycles. The highest BCUT2D eigenvalue weighted by Gasteiger charge is 2.36. The van der Waals surface area contributed by atoms with Crippen LogP contribution in [-0.4, -0.2) is 77.7 Å². The standard InChI is InChI=1S/C21H34N4O6/c1-3-13-31-21(30)25(23-15(2)20(28)29)19(27)17-5-4-12-24(14-17)18(26)7-6-16-8-10-22-11-9-16/h3,15-17,22-23H,1,4-14H2,2H3,(H,28,29)/t15-,17-/m1/s1. The van der Waals surface area contributed by atoms with Crippen molar-refractivity contribution in [3.05, 3.63) is 12.7 Å². The molecule has 2 atom stereocenters. The number of carbonyl (C=O) groups is 4. The fraction of sp³-hybridized carbons (Fsp3) is 0.714. The fourth-order valence-corrected chi connectivity index (χ4v) is 3.89. The van der Waals surface area contributed by atoms with Crippen LogP contribution in [0.4, 0.5) is 4.79 Å². The number of nitrogens with zero attached hydrogens (tertiary/aromatic N) is 2. The molecule has 0 spiro atoms. The Morgan fingerprint density at radius 1 is 1.29 bits per heavy atom. The highest BCUT2D eigenvalue weighted by molar-refractivity contribution is 5.93. The minimum atomic E-state index is -1.22. The molecule has 3 N–H and O–H groups in total. The van der Waals surface area contributed by atoms with Gasteiger partial charge in [0.2, 0.25) is 5.91 Å². The molecule has 0 saturated carbocycles. The van der Waals surface area contributed by atoms with Gasteiger partial charge < -0.3 is 20.1 Å². The van der Waals surface area contributed by atoms with Crippen LogP contribution in [0.25, 0.3) is 0 Å². The second-order valence-electron chi connectivity index (χ2n) is 8.14. The Labute approximate surface area is 182 Å². The number of carboxylic acid groups (broad SMARTS) is 1. The lowest BCUT2D eigenvalue weighted by atomic mass is 9.92. The number of likely N-dealkylation sites (tertiary alicyclic amines) is 1. The number of ether oxygens (including phenoxy) is 1. The van der Waals surface area contributed by atoms with E-state index in [4.69, 9.17) is 9.84 Å². The van der Waals surface area contributed by atoms with E-state index in [-0.39, 0.29) is 19.1 Å². The topological polar surface area (TPSA) is 128 Å². The molecule has 0 aromatic rings. The fourth-order valence-electron chi connectivity index (χ4n) is 3.89. The number of rotatable bonds is 9. The number of hydrazine groups is 1. The number of carbonyl (C=O) groups excluding carboxylic acids is 3. The Hall–Kier alpha value is -2.46. The summed E-state index contributed by atoms with van der Waals surface area (Å²) < 4.78 is 4.93.